The molecule has 0 radical (unpaired) electrons. The highest BCUT2D eigenvalue weighted by Gasteiger charge is 2.42. The maximum Gasteiger partial charge on any atom is 0.255 e. The topological polar surface area (TPSA) is 85.0 Å². The summed E-state index contributed by atoms with van der Waals surface area (Å²) in [6, 6.07) is 5.23. The van der Waals surface area contributed by atoms with Crippen LogP contribution in [0.15, 0.2) is 18.2 Å². The fourth-order valence-electron chi connectivity index (χ4n) is 4.90. The van der Waals surface area contributed by atoms with Crippen LogP contribution < -0.4 is 10.6 Å². The molecule has 2 saturated heterocycles. The number of aryl methyl sites for hydroxylation is 1. The molecule has 3 amide bonds. The minimum Gasteiger partial charge on any atom is -0.362 e. The van der Waals surface area contributed by atoms with Crippen molar-refractivity contribution in [3.8, 4) is 0 Å². The lowest BCUT2D eigenvalue weighted by molar-refractivity contribution is -0.145. The van der Waals surface area contributed by atoms with Gasteiger partial charge in [0.25, 0.3) is 5.91 Å². The molecule has 1 aromatic carbocycles. The Bertz CT molecular complexity index is 880. The lowest BCUT2D eigenvalue weighted by Gasteiger charge is -2.40. The van der Waals surface area contributed by atoms with E-state index in [4.69, 9.17) is 0 Å². The number of nitrogens with one attached hydrogen (secondary N) is 2. The average molecular weight is 428 g/mol. The Labute approximate surface area is 183 Å². The molecule has 31 heavy (non-hydrogen) atoms. The van der Waals surface area contributed by atoms with Gasteiger partial charge in [0, 0.05) is 51.3 Å². The third-order valence-electron chi connectivity index (χ3n) is 6.97. The number of hydrogen-bond donors (Lipinski definition) is 2. The van der Waals surface area contributed by atoms with E-state index in [0.717, 1.165) is 30.9 Å². The van der Waals surface area contributed by atoms with Crippen molar-refractivity contribution < 1.29 is 14.4 Å². The third kappa shape index (κ3) is 4.26. The van der Waals surface area contributed by atoms with Crippen LogP contribution in [-0.2, 0) is 9.59 Å². The fourth-order valence-corrected chi connectivity index (χ4v) is 4.90. The van der Waals surface area contributed by atoms with Crippen molar-refractivity contribution >= 4 is 23.4 Å². The summed E-state index contributed by atoms with van der Waals surface area (Å²) in [5.41, 5.74) is 1.84. The van der Waals surface area contributed by atoms with Crippen molar-refractivity contribution in [3.63, 3.8) is 0 Å². The normalized spacial score (nSPS) is 25.5. The molecule has 0 saturated carbocycles. The quantitative estimate of drug-likeness (QED) is 0.762. The number of fused-ring (bicyclic) bond motifs is 1. The summed E-state index contributed by atoms with van der Waals surface area (Å²) in [5, 5.41) is 6.60. The molecule has 8 nitrogen and oxygen atoms in total. The molecule has 2 fully saturated rings. The number of amides is 3. The van der Waals surface area contributed by atoms with E-state index in [9.17, 15) is 14.4 Å². The highest BCUT2D eigenvalue weighted by molar-refractivity contribution is 6.02. The molecule has 3 heterocycles. The molecule has 2 atom stereocenters. The maximum atomic E-state index is 13.1. The predicted molar refractivity (Wildman–Crippen MR) is 119 cm³/mol. The molecule has 2 N–H and O–H groups in total. The van der Waals surface area contributed by atoms with E-state index in [-0.39, 0.29) is 24.1 Å². The number of rotatable bonds is 3. The molecule has 0 aromatic heterocycles. The molecule has 1 spiro atoms. The van der Waals surface area contributed by atoms with E-state index >= 15 is 0 Å². The Morgan fingerprint density at radius 1 is 1.10 bits per heavy atom. The van der Waals surface area contributed by atoms with Gasteiger partial charge in [-0.05, 0) is 44.5 Å². The van der Waals surface area contributed by atoms with Crippen LogP contribution in [0.1, 0.15) is 49.0 Å². The van der Waals surface area contributed by atoms with Crippen molar-refractivity contribution in [3.05, 3.63) is 29.3 Å². The minimum absolute atomic E-state index is 0.0154. The number of anilines is 1. The lowest BCUT2D eigenvalue weighted by Crippen LogP contribution is -2.58. The molecule has 0 unspecified atom stereocenters. The number of carbonyl (C=O) groups is 3. The van der Waals surface area contributed by atoms with Crippen molar-refractivity contribution in [2.45, 2.75) is 51.7 Å². The van der Waals surface area contributed by atoms with Crippen LogP contribution in [-0.4, -0.2) is 83.4 Å². The zero-order valence-electron chi connectivity index (χ0n) is 18.7. The second-order valence-electron chi connectivity index (χ2n) is 8.98. The summed E-state index contributed by atoms with van der Waals surface area (Å²) in [4.78, 5) is 44.7. The van der Waals surface area contributed by atoms with Gasteiger partial charge in [-0.2, -0.15) is 0 Å². The maximum absolute atomic E-state index is 13.1. The number of likely N-dealkylation sites (N-methyl/N-ethyl adjacent to an activating group) is 1. The van der Waals surface area contributed by atoms with Gasteiger partial charge in [0.15, 0.2) is 0 Å². The summed E-state index contributed by atoms with van der Waals surface area (Å²) < 4.78 is 0. The van der Waals surface area contributed by atoms with Crippen LogP contribution >= 0.6 is 0 Å². The van der Waals surface area contributed by atoms with E-state index in [1.165, 1.54) is 0 Å². The smallest absolute Gasteiger partial charge is 0.255 e. The van der Waals surface area contributed by atoms with Crippen molar-refractivity contribution in [1.29, 1.82) is 0 Å². The van der Waals surface area contributed by atoms with Gasteiger partial charge in [0.05, 0.1) is 5.56 Å². The van der Waals surface area contributed by atoms with E-state index in [1.54, 1.807) is 4.90 Å². The van der Waals surface area contributed by atoms with Crippen LogP contribution in [0.5, 0.6) is 0 Å². The standard InChI is InChI=1S/C23H33N5O3/c1-4-26-11-13-27(14-12-26)22(31)17(3)28-10-9-23(8-7-20(28)29)24-19-15-16(2)5-6-18(19)21(30)25-23/h5-6,15,17,24H,4,7-14H2,1-3H3,(H,25,30)/t17-,23+/m1/s1. The first-order valence-electron chi connectivity index (χ1n) is 11.3. The van der Waals surface area contributed by atoms with Gasteiger partial charge in [0.2, 0.25) is 11.8 Å². The van der Waals surface area contributed by atoms with E-state index < -0.39 is 11.7 Å². The summed E-state index contributed by atoms with van der Waals surface area (Å²) in [6.45, 7) is 10.5. The Morgan fingerprint density at radius 3 is 2.55 bits per heavy atom. The van der Waals surface area contributed by atoms with Crippen LogP contribution in [0, 0.1) is 6.92 Å². The molecule has 0 aliphatic carbocycles. The predicted octanol–water partition coefficient (Wildman–Crippen LogP) is 1.41. The van der Waals surface area contributed by atoms with Crippen molar-refractivity contribution in [2.24, 2.45) is 0 Å². The molecular weight excluding hydrogens is 394 g/mol. The summed E-state index contributed by atoms with van der Waals surface area (Å²) >= 11 is 0. The van der Waals surface area contributed by atoms with Crippen molar-refractivity contribution in [2.75, 3.05) is 44.6 Å². The second-order valence-corrected chi connectivity index (χ2v) is 8.98. The molecule has 8 heteroatoms. The molecule has 3 aliphatic heterocycles. The monoisotopic (exact) mass is 427 g/mol. The average Bonchev–Trinajstić information content (AvgIpc) is 2.91. The Balaban J connectivity index is 1.45. The first kappa shape index (κ1) is 21.6. The van der Waals surface area contributed by atoms with E-state index in [2.05, 4.69) is 22.5 Å². The van der Waals surface area contributed by atoms with Crippen molar-refractivity contribution in [1.82, 2.24) is 20.0 Å². The number of likely N-dealkylation sites (tertiary alicyclic amines) is 1. The Kier molecular flexibility index (Phi) is 5.92. The largest absolute Gasteiger partial charge is 0.362 e. The third-order valence-corrected chi connectivity index (χ3v) is 6.97. The number of nitrogens with zero attached hydrogens (tertiary/aromatic N) is 3. The van der Waals surface area contributed by atoms with Crippen LogP contribution in [0.25, 0.3) is 0 Å². The van der Waals surface area contributed by atoms with Crippen LogP contribution in [0.3, 0.4) is 0 Å². The summed E-state index contributed by atoms with van der Waals surface area (Å²) in [5.74, 6) is -0.134. The summed E-state index contributed by atoms with van der Waals surface area (Å²) in [7, 11) is 0. The first-order valence-corrected chi connectivity index (χ1v) is 11.3. The second kappa shape index (κ2) is 8.49. The molecular formula is C23H33N5O3. The molecule has 168 valence electrons. The van der Waals surface area contributed by atoms with Gasteiger partial charge >= 0.3 is 0 Å². The molecule has 0 bridgehead atoms. The van der Waals surface area contributed by atoms with Gasteiger partial charge in [-0.3, -0.25) is 14.4 Å². The highest BCUT2D eigenvalue weighted by atomic mass is 16.2. The number of carbonyl (C=O) groups excluding carboxylic acids is 3. The zero-order valence-corrected chi connectivity index (χ0v) is 18.7. The van der Waals surface area contributed by atoms with Crippen LogP contribution in [0.2, 0.25) is 0 Å². The van der Waals surface area contributed by atoms with Gasteiger partial charge < -0.3 is 25.3 Å². The molecule has 1 aromatic rings. The van der Waals surface area contributed by atoms with Gasteiger partial charge in [-0.25, -0.2) is 0 Å². The fraction of sp³-hybridized carbons (Fsp3) is 0.609. The Morgan fingerprint density at radius 2 is 1.84 bits per heavy atom. The zero-order chi connectivity index (χ0) is 22.2. The number of piperazine rings is 1. The Hall–Kier alpha value is -2.61. The minimum atomic E-state index is -0.669. The van der Waals surface area contributed by atoms with Crippen LogP contribution in [0.4, 0.5) is 5.69 Å². The van der Waals surface area contributed by atoms with Gasteiger partial charge in [-0.15, -0.1) is 0 Å². The van der Waals surface area contributed by atoms with Gasteiger partial charge in [-0.1, -0.05) is 13.0 Å². The first-order chi connectivity index (χ1) is 14.8. The van der Waals surface area contributed by atoms with E-state index in [1.807, 2.05) is 36.9 Å². The van der Waals surface area contributed by atoms with Gasteiger partial charge in [0.1, 0.15) is 11.7 Å². The summed E-state index contributed by atoms with van der Waals surface area (Å²) in [6.07, 6.45) is 1.34. The van der Waals surface area contributed by atoms with E-state index in [0.29, 0.717) is 38.0 Å². The SMILES string of the molecule is CCN1CCN(C(=O)[C@@H](C)N2CC[C@]3(CCC2=O)NC(=O)c2ccc(C)cc2N3)CC1. The number of benzene rings is 1. The number of hydrogen-bond acceptors (Lipinski definition) is 5. The highest BCUT2D eigenvalue weighted by Crippen LogP contribution is 2.32. The lowest BCUT2D eigenvalue weighted by atomic mass is 9.94. The molecule has 4 rings (SSSR count). The molecule has 3 aliphatic rings.